The highest BCUT2D eigenvalue weighted by molar-refractivity contribution is 5.78. The summed E-state index contributed by atoms with van der Waals surface area (Å²) in [6, 6.07) is 8.79. The second kappa shape index (κ2) is 6.01. The van der Waals surface area contributed by atoms with Crippen LogP contribution in [0.2, 0.25) is 0 Å². The molecule has 1 fully saturated rings. The van der Waals surface area contributed by atoms with Crippen molar-refractivity contribution < 1.29 is 4.79 Å². The van der Waals surface area contributed by atoms with E-state index in [2.05, 4.69) is 24.4 Å². The Morgan fingerprint density at radius 3 is 2.72 bits per heavy atom. The molecular formula is C15H22N2O. The van der Waals surface area contributed by atoms with E-state index in [9.17, 15) is 4.79 Å². The number of piperidine rings is 1. The first-order valence-corrected chi connectivity index (χ1v) is 6.69. The van der Waals surface area contributed by atoms with E-state index >= 15 is 0 Å². The lowest BCUT2D eigenvalue weighted by Crippen LogP contribution is -2.44. The minimum atomic E-state index is 0.259. The smallest absolute Gasteiger partial charge is 0.226 e. The highest BCUT2D eigenvalue weighted by atomic mass is 16.2. The number of rotatable bonds is 3. The molecule has 0 spiro atoms. The number of likely N-dealkylation sites (tertiary alicyclic amines) is 1. The van der Waals surface area contributed by atoms with Crippen LogP contribution in [0.15, 0.2) is 24.3 Å². The number of hydrogen-bond donors (Lipinski definition) is 1. The molecule has 1 aliphatic heterocycles. The number of aryl methyl sites for hydroxylation is 1. The summed E-state index contributed by atoms with van der Waals surface area (Å²) >= 11 is 0. The molecule has 1 saturated heterocycles. The van der Waals surface area contributed by atoms with Gasteiger partial charge in [0.1, 0.15) is 0 Å². The van der Waals surface area contributed by atoms with Crippen molar-refractivity contribution in [2.75, 3.05) is 20.1 Å². The number of carbonyl (C=O) groups excluding carboxylic acids is 1. The Morgan fingerprint density at radius 2 is 2.11 bits per heavy atom. The van der Waals surface area contributed by atoms with Gasteiger partial charge in [0.2, 0.25) is 5.91 Å². The van der Waals surface area contributed by atoms with Crippen molar-refractivity contribution in [2.45, 2.75) is 32.2 Å². The lowest BCUT2D eigenvalue weighted by molar-refractivity contribution is -0.131. The van der Waals surface area contributed by atoms with Gasteiger partial charge in [-0.25, -0.2) is 0 Å². The maximum atomic E-state index is 12.2. The van der Waals surface area contributed by atoms with Crippen LogP contribution in [0, 0.1) is 6.92 Å². The zero-order chi connectivity index (χ0) is 13.0. The summed E-state index contributed by atoms with van der Waals surface area (Å²) in [6.07, 6.45) is 2.66. The van der Waals surface area contributed by atoms with Gasteiger partial charge < -0.3 is 10.2 Å². The molecule has 1 aliphatic rings. The van der Waals surface area contributed by atoms with Crippen molar-refractivity contribution >= 4 is 5.91 Å². The maximum absolute atomic E-state index is 12.2. The van der Waals surface area contributed by atoms with Crippen LogP contribution >= 0.6 is 0 Å². The number of nitrogens with one attached hydrogen (secondary N) is 1. The van der Waals surface area contributed by atoms with E-state index in [1.165, 1.54) is 5.56 Å². The van der Waals surface area contributed by atoms with Gasteiger partial charge >= 0.3 is 0 Å². The van der Waals surface area contributed by atoms with Gasteiger partial charge in [0.25, 0.3) is 0 Å². The third kappa shape index (κ3) is 3.33. The van der Waals surface area contributed by atoms with Gasteiger partial charge in [-0.2, -0.15) is 0 Å². The van der Waals surface area contributed by atoms with Gasteiger partial charge in [-0.15, -0.1) is 0 Å². The van der Waals surface area contributed by atoms with Gasteiger partial charge in [0.15, 0.2) is 0 Å². The molecule has 1 aromatic carbocycles. The van der Waals surface area contributed by atoms with Crippen LogP contribution in [0.1, 0.15) is 24.0 Å². The Balaban J connectivity index is 1.89. The lowest BCUT2D eigenvalue weighted by atomic mass is 10.0. The molecule has 0 atom stereocenters. The van der Waals surface area contributed by atoms with Crippen molar-refractivity contribution in [1.82, 2.24) is 10.2 Å². The zero-order valence-electron chi connectivity index (χ0n) is 11.3. The summed E-state index contributed by atoms with van der Waals surface area (Å²) in [6.45, 7) is 3.83. The predicted octanol–water partition coefficient (Wildman–Crippen LogP) is 1.75. The fourth-order valence-corrected chi connectivity index (χ4v) is 2.53. The van der Waals surface area contributed by atoms with Gasteiger partial charge in [0.05, 0.1) is 6.42 Å². The van der Waals surface area contributed by atoms with Gasteiger partial charge in [-0.3, -0.25) is 4.79 Å². The third-order valence-electron chi connectivity index (χ3n) is 3.69. The molecule has 1 heterocycles. The molecule has 1 N–H and O–H groups in total. The van der Waals surface area contributed by atoms with Crippen LogP contribution in [0.5, 0.6) is 0 Å². The minimum absolute atomic E-state index is 0.259. The predicted molar refractivity (Wildman–Crippen MR) is 73.5 cm³/mol. The summed E-state index contributed by atoms with van der Waals surface area (Å²) in [5, 5.41) is 3.28. The van der Waals surface area contributed by atoms with E-state index in [0.717, 1.165) is 31.5 Å². The normalized spacial score (nSPS) is 16.9. The monoisotopic (exact) mass is 246 g/mol. The van der Waals surface area contributed by atoms with Crippen LogP contribution in [0.3, 0.4) is 0 Å². The third-order valence-corrected chi connectivity index (χ3v) is 3.69. The van der Waals surface area contributed by atoms with Crippen LogP contribution < -0.4 is 5.32 Å². The Labute approximate surface area is 109 Å². The average Bonchev–Trinajstić information content (AvgIpc) is 2.39. The Bertz CT molecular complexity index is 409. The highest BCUT2D eigenvalue weighted by Crippen LogP contribution is 2.12. The standard InChI is InChI=1S/C15H22N2O/c1-12-4-3-5-13(10-12)11-15(18)17-8-6-14(16-2)7-9-17/h3-5,10,14,16H,6-9,11H2,1-2H3. The van der Waals surface area contributed by atoms with Crippen molar-refractivity contribution in [1.29, 1.82) is 0 Å². The van der Waals surface area contributed by atoms with Gasteiger partial charge in [0, 0.05) is 19.1 Å². The van der Waals surface area contributed by atoms with Crippen LogP contribution in [-0.2, 0) is 11.2 Å². The molecule has 0 aromatic heterocycles. The van der Waals surface area contributed by atoms with E-state index in [0.29, 0.717) is 12.5 Å². The SMILES string of the molecule is CNC1CCN(C(=O)Cc2cccc(C)c2)CC1. The molecule has 3 heteroatoms. The molecule has 0 unspecified atom stereocenters. The Kier molecular flexibility index (Phi) is 4.37. The molecule has 0 bridgehead atoms. The summed E-state index contributed by atoms with van der Waals surface area (Å²) in [5.41, 5.74) is 2.34. The summed E-state index contributed by atoms with van der Waals surface area (Å²) < 4.78 is 0. The summed E-state index contributed by atoms with van der Waals surface area (Å²) in [5.74, 6) is 0.259. The second-order valence-corrected chi connectivity index (χ2v) is 5.11. The summed E-state index contributed by atoms with van der Waals surface area (Å²) in [7, 11) is 1.99. The van der Waals surface area contributed by atoms with Crippen molar-refractivity contribution in [3.05, 3.63) is 35.4 Å². The maximum Gasteiger partial charge on any atom is 0.226 e. The lowest BCUT2D eigenvalue weighted by Gasteiger charge is -2.31. The molecule has 98 valence electrons. The largest absolute Gasteiger partial charge is 0.342 e. The fourth-order valence-electron chi connectivity index (χ4n) is 2.53. The molecular weight excluding hydrogens is 224 g/mol. The molecule has 0 aliphatic carbocycles. The van der Waals surface area contributed by atoms with Crippen LogP contribution in [0.25, 0.3) is 0 Å². The van der Waals surface area contributed by atoms with E-state index in [1.807, 2.05) is 24.1 Å². The van der Waals surface area contributed by atoms with E-state index in [-0.39, 0.29) is 5.91 Å². The Morgan fingerprint density at radius 1 is 1.39 bits per heavy atom. The molecule has 2 rings (SSSR count). The molecule has 3 nitrogen and oxygen atoms in total. The van der Waals surface area contributed by atoms with E-state index < -0.39 is 0 Å². The fraction of sp³-hybridized carbons (Fsp3) is 0.533. The number of amides is 1. The summed E-state index contributed by atoms with van der Waals surface area (Å²) in [4.78, 5) is 14.2. The first kappa shape index (κ1) is 13.1. The van der Waals surface area contributed by atoms with Gasteiger partial charge in [-0.05, 0) is 32.4 Å². The quantitative estimate of drug-likeness (QED) is 0.881. The van der Waals surface area contributed by atoms with Crippen molar-refractivity contribution in [3.63, 3.8) is 0 Å². The number of benzene rings is 1. The molecule has 1 aromatic rings. The molecule has 0 saturated carbocycles. The van der Waals surface area contributed by atoms with Gasteiger partial charge in [-0.1, -0.05) is 29.8 Å². The highest BCUT2D eigenvalue weighted by Gasteiger charge is 2.21. The van der Waals surface area contributed by atoms with Crippen molar-refractivity contribution in [3.8, 4) is 0 Å². The second-order valence-electron chi connectivity index (χ2n) is 5.11. The first-order chi connectivity index (χ1) is 8.69. The number of hydrogen-bond acceptors (Lipinski definition) is 2. The Hall–Kier alpha value is -1.35. The van der Waals surface area contributed by atoms with Crippen LogP contribution in [0.4, 0.5) is 0 Å². The van der Waals surface area contributed by atoms with E-state index in [1.54, 1.807) is 0 Å². The molecule has 18 heavy (non-hydrogen) atoms. The number of nitrogens with zero attached hydrogens (tertiary/aromatic N) is 1. The molecule has 1 amide bonds. The minimum Gasteiger partial charge on any atom is -0.342 e. The zero-order valence-corrected chi connectivity index (χ0v) is 11.3. The number of carbonyl (C=O) groups is 1. The average molecular weight is 246 g/mol. The topological polar surface area (TPSA) is 32.3 Å². The first-order valence-electron chi connectivity index (χ1n) is 6.69. The van der Waals surface area contributed by atoms with E-state index in [4.69, 9.17) is 0 Å². The van der Waals surface area contributed by atoms with Crippen molar-refractivity contribution in [2.24, 2.45) is 0 Å². The van der Waals surface area contributed by atoms with Crippen LogP contribution in [-0.4, -0.2) is 37.0 Å². The molecule has 0 radical (unpaired) electrons.